The Labute approximate surface area is 187 Å². The quantitative estimate of drug-likeness (QED) is 0.532. The maximum absolute atomic E-state index is 12.6. The predicted octanol–water partition coefficient (Wildman–Crippen LogP) is 6.13. The highest BCUT2D eigenvalue weighted by molar-refractivity contribution is 5.77. The van der Waals surface area contributed by atoms with Crippen LogP contribution in [-0.4, -0.2) is 22.3 Å². The number of carboxylic acid groups (broad SMARTS) is 1. The molecule has 6 rings (SSSR count). The lowest BCUT2D eigenvalue weighted by atomic mass is 9.40. The molecule has 0 heterocycles. The van der Waals surface area contributed by atoms with Gasteiger partial charge in [-0.25, -0.2) is 0 Å². The van der Waals surface area contributed by atoms with Gasteiger partial charge in [0, 0.05) is 11.3 Å². The minimum absolute atomic E-state index is 0.114. The monoisotopic (exact) mass is 424 g/mol. The van der Waals surface area contributed by atoms with E-state index in [2.05, 4.69) is 39.8 Å². The Morgan fingerprint density at radius 1 is 1.03 bits per heavy atom. The number of fused-ring (bicyclic) bond motifs is 6. The van der Waals surface area contributed by atoms with Crippen molar-refractivity contribution in [1.82, 2.24) is 0 Å². The molecule has 0 aromatic carbocycles. The van der Waals surface area contributed by atoms with Gasteiger partial charge in [-0.05, 0) is 90.6 Å². The second-order valence-corrected chi connectivity index (χ2v) is 13.1. The fourth-order valence-corrected chi connectivity index (χ4v) is 10.6. The first kappa shape index (κ1) is 20.5. The molecule has 6 aliphatic carbocycles. The van der Waals surface area contributed by atoms with Crippen LogP contribution in [0.2, 0.25) is 0 Å². The average Bonchev–Trinajstić information content (AvgIpc) is 3.37. The standard InChI is InChI=1S/C28H40O3/c1-17-6-5-11-27(23(30)31)13-9-19-18(22(17)27)7-8-20-24(19,2)14-15-28-16-26(28,4)21(29)10-12-25(20,28)3/h7,9,17,20-22,29H,5-6,8,10-16H2,1-4H3,(H,30,31)/t17-,20-,21-,22+,24-,25+,26?,27-,28-/m0/s1. The molecule has 9 atom stereocenters. The first-order chi connectivity index (χ1) is 14.6. The normalized spacial score (nSPS) is 57.2. The van der Waals surface area contributed by atoms with Gasteiger partial charge in [-0.2, -0.15) is 0 Å². The zero-order valence-electron chi connectivity index (χ0n) is 19.8. The van der Waals surface area contributed by atoms with Crippen LogP contribution in [0.1, 0.15) is 91.9 Å². The number of carbonyl (C=O) groups is 1. The SMILES string of the molecule is C[C@H]1CCC[C@]2(C(=O)O)CC=C3C(=CC[C@H]4[C@@]3(C)CC[C@@]35CC3(C)[C@@H](O)CC[C@]45C)[C@@H]12. The summed E-state index contributed by atoms with van der Waals surface area (Å²) in [6.45, 7) is 9.72. The van der Waals surface area contributed by atoms with Gasteiger partial charge >= 0.3 is 5.97 Å². The van der Waals surface area contributed by atoms with Crippen LogP contribution >= 0.6 is 0 Å². The predicted molar refractivity (Wildman–Crippen MR) is 121 cm³/mol. The number of carboxylic acids is 1. The highest BCUT2D eigenvalue weighted by Crippen LogP contribution is 2.85. The summed E-state index contributed by atoms with van der Waals surface area (Å²) in [5.41, 5.74) is 3.19. The minimum atomic E-state index is -0.583. The Morgan fingerprint density at radius 3 is 2.55 bits per heavy atom. The van der Waals surface area contributed by atoms with Crippen molar-refractivity contribution < 1.29 is 15.0 Å². The van der Waals surface area contributed by atoms with E-state index in [1.54, 1.807) is 0 Å². The molecule has 1 spiro atoms. The lowest BCUT2D eigenvalue weighted by Crippen LogP contribution is -2.58. The van der Waals surface area contributed by atoms with Crippen LogP contribution in [0.15, 0.2) is 23.3 Å². The van der Waals surface area contributed by atoms with Gasteiger partial charge in [0.05, 0.1) is 11.5 Å². The Balaban J connectivity index is 1.45. The van der Waals surface area contributed by atoms with Crippen LogP contribution in [-0.2, 0) is 4.79 Å². The van der Waals surface area contributed by atoms with Crippen molar-refractivity contribution >= 4 is 5.97 Å². The van der Waals surface area contributed by atoms with E-state index in [4.69, 9.17) is 0 Å². The molecule has 3 heteroatoms. The summed E-state index contributed by atoms with van der Waals surface area (Å²) in [7, 11) is 0. The van der Waals surface area contributed by atoms with E-state index in [1.165, 1.54) is 30.4 Å². The molecule has 4 fully saturated rings. The van der Waals surface area contributed by atoms with Gasteiger partial charge in [0.1, 0.15) is 0 Å². The van der Waals surface area contributed by atoms with E-state index >= 15 is 0 Å². The van der Waals surface area contributed by atoms with Gasteiger partial charge in [0.25, 0.3) is 0 Å². The summed E-state index contributed by atoms with van der Waals surface area (Å²) < 4.78 is 0. The van der Waals surface area contributed by atoms with Crippen LogP contribution in [0.5, 0.6) is 0 Å². The molecule has 0 aromatic rings. The zero-order valence-corrected chi connectivity index (χ0v) is 19.8. The largest absolute Gasteiger partial charge is 0.481 e. The van der Waals surface area contributed by atoms with Gasteiger partial charge in [0.2, 0.25) is 0 Å². The van der Waals surface area contributed by atoms with Crippen molar-refractivity contribution in [2.45, 2.75) is 98.0 Å². The molecule has 0 saturated heterocycles. The molecule has 6 aliphatic rings. The van der Waals surface area contributed by atoms with E-state index < -0.39 is 11.4 Å². The number of allylic oxidation sites excluding steroid dienone is 4. The molecule has 0 radical (unpaired) electrons. The van der Waals surface area contributed by atoms with Gasteiger partial charge in [-0.15, -0.1) is 0 Å². The topological polar surface area (TPSA) is 57.5 Å². The smallest absolute Gasteiger partial charge is 0.310 e. The fraction of sp³-hybridized carbons (Fsp3) is 0.821. The number of rotatable bonds is 1. The van der Waals surface area contributed by atoms with E-state index in [1.807, 2.05) is 0 Å². The second kappa shape index (κ2) is 5.88. The third-order valence-electron chi connectivity index (χ3n) is 12.4. The van der Waals surface area contributed by atoms with Gasteiger partial charge < -0.3 is 10.2 Å². The zero-order chi connectivity index (χ0) is 22.0. The van der Waals surface area contributed by atoms with Crippen molar-refractivity contribution in [2.24, 2.45) is 44.8 Å². The van der Waals surface area contributed by atoms with Crippen molar-refractivity contribution in [3.63, 3.8) is 0 Å². The number of hydrogen-bond acceptors (Lipinski definition) is 2. The number of aliphatic carboxylic acids is 1. The van der Waals surface area contributed by atoms with Crippen LogP contribution in [0, 0.1) is 44.8 Å². The Bertz CT molecular complexity index is 917. The van der Waals surface area contributed by atoms with Crippen LogP contribution < -0.4 is 0 Å². The van der Waals surface area contributed by atoms with E-state index in [0.29, 0.717) is 23.7 Å². The van der Waals surface area contributed by atoms with Crippen LogP contribution in [0.25, 0.3) is 0 Å². The molecule has 2 N–H and O–H groups in total. The lowest BCUT2D eigenvalue weighted by molar-refractivity contribution is -0.156. The summed E-state index contributed by atoms with van der Waals surface area (Å²) in [5, 5.41) is 21.2. The van der Waals surface area contributed by atoms with E-state index in [0.717, 1.165) is 38.5 Å². The Kier molecular flexibility index (Phi) is 3.89. The van der Waals surface area contributed by atoms with Gasteiger partial charge in [-0.3, -0.25) is 4.79 Å². The van der Waals surface area contributed by atoms with Crippen molar-refractivity contribution in [3.8, 4) is 0 Å². The molecule has 0 aromatic heterocycles. The molecule has 1 unspecified atom stereocenters. The lowest BCUT2D eigenvalue weighted by Gasteiger charge is -2.64. The molecular formula is C28H40O3. The summed E-state index contributed by atoms with van der Waals surface area (Å²) in [6, 6.07) is 0. The molecule has 0 aliphatic heterocycles. The molecule has 3 nitrogen and oxygen atoms in total. The van der Waals surface area contributed by atoms with Gasteiger partial charge in [0.15, 0.2) is 0 Å². The molecule has 170 valence electrons. The second-order valence-electron chi connectivity index (χ2n) is 13.1. The third-order valence-corrected chi connectivity index (χ3v) is 12.4. The minimum Gasteiger partial charge on any atom is -0.481 e. The Hall–Kier alpha value is -1.09. The summed E-state index contributed by atoms with van der Waals surface area (Å²) >= 11 is 0. The summed E-state index contributed by atoms with van der Waals surface area (Å²) in [5.74, 6) is 0.660. The van der Waals surface area contributed by atoms with E-state index in [9.17, 15) is 15.0 Å². The average molecular weight is 425 g/mol. The number of aliphatic hydroxyl groups excluding tert-OH is 1. The van der Waals surface area contributed by atoms with Crippen molar-refractivity contribution in [3.05, 3.63) is 23.3 Å². The number of aliphatic hydroxyl groups is 1. The highest BCUT2D eigenvalue weighted by atomic mass is 16.4. The first-order valence-electron chi connectivity index (χ1n) is 12.9. The molecule has 0 bridgehead atoms. The van der Waals surface area contributed by atoms with Crippen molar-refractivity contribution in [1.29, 1.82) is 0 Å². The van der Waals surface area contributed by atoms with Crippen LogP contribution in [0.3, 0.4) is 0 Å². The fourth-order valence-electron chi connectivity index (χ4n) is 10.6. The van der Waals surface area contributed by atoms with E-state index in [-0.39, 0.29) is 28.3 Å². The molecule has 0 amide bonds. The maximum Gasteiger partial charge on any atom is 0.310 e. The molecule has 4 saturated carbocycles. The Morgan fingerprint density at radius 2 is 1.81 bits per heavy atom. The summed E-state index contributed by atoms with van der Waals surface area (Å²) in [6.07, 6.45) is 15.3. The molecule has 31 heavy (non-hydrogen) atoms. The number of hydrogen-bond donors (Lipinski definition) is 2. The highest BCUT2D eigenvalue weighted by Gasteiger charge is 2.80. The summed E-state index contributed by atoms with van der Waals surface area (Å²) in [4.78, 5) is 12.6. The third kappa shape index (κ3) is 2.10. The van der Waals surface area contributed by atoms with Crippen molar-refractivity contribution in [2.75, 3.05) is 0 Å². The van der Waals surface area contributed by atoms with Gasteiger partial charge in [-0.1, -0.05) is 52.7 Å². The van der Waals surface area contributed by atoms with Crippen LogP contribution in [0.4, 0.5) is 0 Å². The molecular weight excluding hydrogens is 384 g/mol. The first-order valence-corrected chi connectivity index (χ1v) is 12.9. The maximum atomic E-state index is 12.6.